The monoisotopic (exact) mass is 191 g/mol. The fourth-order valence-corrected chi connectivity index (χ4v) is 1.12. The van der Waals surface area contributed by atoms with Crippen LogP contribution in [0.5, 0.6) is 0 Å². The molecule has 0 spiro atoms. The topological polar surface area (TPSA) is 26.0 Å². The van der Waals surface area contributed by atoms with Gasteiger partial charge >= 0.3 is 0 Å². The van der Waals surface area contributed by atoms with Gasteiger partial charge in [-0.15, -0.1) is 0 Å². The van der Waals surface area contributed by atoms with Crippen molar-refractivity contribution in [3.05, 3.63) is 28.8 Å². The molecule has 76 valence electrons. The van der Waals surface area contributed by atoms with Crippen LogP contribution in [0.25, 0.3) is 12.2 Å². The Morgan fingerprint density at radius 2 is 2.00 bits per heavy atom. The molecule has 0 fully saturated rings. The first-order valence-electron chi connectivity index (χ1n) is 4.95. The first-order chi connectivity index (χ1) is 6.69. The van der Waals surface area contributed by atoms with Crippen molar-refractivity contribution in [2.45, 2.75) is 33.6 Å². The van der Waals surface area contributed by atoms with Gasteiger partial charge in [0, 0.05) is 5.92 Å². The summed E-state index contributed by atoms with van der Waals surface area (Å²) in [6.45, 7) is 8.09. The highest BCUT2D eigenvalue weighted by atomic mass is 16.3. The van der Waals surface area contributed by atoms with E-state index in [-0.39, 0.29) is 0 Å². The fourth-order valence-electron chi connectivity index (χ4n) is 1.12. The van der Waals surface area contributed by atoms with Crippen molar-refractivity contribution in [3.63, 3.8) is 0 Å². The average molecular weight is 191 g/mol. The molecule has 1 rings (SSSR count). The average Bonchev–Trinajstić information content (AvgIpc) is 2.57. The summed E-state index contributed by atoms with van der Waals surface area (Å²) in [6.07, 6.45) is 7.84. The molecule has 1 aromatic heterocycles. The number of rotatable bonds is 2. The van der Waals surface area contributed by atoms with Crippen molar-refractivity contribution >= 4 is 12.2 Å². The van der Waals surface area contributed by atoms with Crippen molar-refractivity contribution in [1.82, 2.24) is 4.98 Å². The van der Waals surface area contributed by atoms with E-state index in [1.165, 1.54) is 0 Å². The zero-order valence-electron chi connectivity index (χ0n) is 9.24. The molecule has 0 aliphatic heterocycles. The summed E-state index contributed by atoms with van der Waals surface area (Å²) in [5, 5.41) is 0.911. The maximum atomic E-state index is 5.59. The van der Waals surface area contributed by atoms with E-state index in [1.807, 2.05) is 38.2 Å². The van der Waals surface area contributed by atoms with Crippen LogP contribution in [0.2, 0.25) is 0 Å². The lowest BCUT2D eigenvalue weighted by Crippen LogP contribution is -2.21. The van der Waals surface area contributed by atoms with E-state index in [4.69, 9.17) is 4.42 Å². The molecule has 0 saturated carbocycles. The van der Waals surface area contributed by atoms with Gasteiger partial charge in [-0.05, 0) is 26.0 Å². The summed E-state index contributed by atoms with van der Waals surface area (Å²) in [4.78, 5) is 4.41. The molecule has 1 aromatic rings. The van der Waals surface area contributed by atoms with Gasteiger partial charge in [-0.2, -0.15) is 0 Å². The maximum Gasteiger partial charge on any atom is 0.198 e. The van der Waals surface area contributed by atoms with Gasteiger partial charge in [-0.3, -0.25) is 0 Å². The van der Waals surface area contributed by atoms with Gasteiger partial charge in [-0.25, -0.2) is 4.98 Å². The quantitative estimate of drug-likeness (QED) is 0.714. The van der Waals surface area contributed by atoms with Crippen LogP contribution < -0.4 is 10.8 Å². The number of oxazole rings is 1. The Kier molecular flexibility index (Phi) is 3.69. The number of aromatic nitrogens is 1. The van der Waals surface area contributed by atoms with E-state index < -0.39 is 0 Å². The lowest BCUT2D eigenvalue weighted by atomic mass is 10.2. The molecule has 2 nitrogen and oxygen atoms in total. The van der Waals surface area contributed by atoms with E-state index in [2.05, 4.69) is 18.8 Å². The first-order valence-corrected chi connectivity index (χ1v) is 4.95. The SMILES string of the molecule is C\C=C/C=c1/nc(C(C)C)o/c1=C/C. The molecule has 0 saturated heterocycles. The lowest BCUT2D eigenvalue weighted by Gasteiger charge is -1.93. The third-order valence-corrected chi connectivity index (χ3v) is 1.90. The van der Waals surface area contributed by atoms with Gasteiger partial charge < -0.3 is 4.42 Å². The summed E-state index contributed by atoms with van der Waals surface area (Å²) >= 11 is 0. The minimum Gasteiger partial charge on any atom is -0.441 e. The number of nitrogens with zero attached hydrogens (tertiary/aromatic N) is 1. The van der Waals surface area contributed by atoms with E-state index >= 15 is 0 Å². The standard InChI is InChI=1S/C12H17NO/c1-5-7-8-10-11(6-2)14-12(13-10)9(3)4/h5-9H,1-4H3/b7-5-,10-8+,11-6+. The van der Waals surface area contributed by atoms with Gasteiger partial charge in [-0.1, -0.05) is 26.0 Å². The predicted octanol–water partition coefficient (Wildman–Crippen LogP) is 1.96. The van der Waals surface area contributed by atoms with Crippen molar-refractivity contribution < 1.29 is 4.42 Å². The van der Waals surface area contributed by atoms with Crippen LogP contribution in [0, 0.1) is 0 Å². The Morgan fingerprint density at radius 1 is 1.29 bits per heavy atom. The van der Waals surface area contributed by atoms with Crippen LogP contribution in [-0.2, 0) is 0 Å². The van der Waals surface area contributed by atoms with Gasteiger partial charge in [0.25, 0.3) is 0 Å². The van der Waals surface area contributed by atoms with Crippen LogP contribution in [0.3, 0.4) is 0 Å². The molecular formula is C12H17NO. The summed E-state index contributed by atoms with van der Waals surface area (Å²) in [7, 11) is 0. The smallest absolute Gasteiger partial charge is 0.198 e. The molecule has 0 amide bonds. The highest BCUT2D eigenvalue weighted by Gasteiger charge is 2.05. The van der Waals surface area contributed by atoms with Gasteiger partial charge in [0.2, 0.25) is 0 Å². The molecule has 2 heteroatoms. The third kappa shape index (κ3) is 2.34. The molecule has 0 N–H and O–H groups in total. The minimum absolute atomic E-state index is 0.335. The second-order valence-electron chi connectivity index (χ2n) is 3.44. The minimum atomic E-state index is 0.335. The summed E-state index contributed by atoms with van der Waals surface area (Å²) in [5.41, 5.74) is 0.854. The Balaban J connectivity index is 3.30. The summed E-state index contributed by atoms with van der Waals surface area (Å²) in [6, 6.07) is 0. The van der Waals surface area contributed by atoms with E-state index in [0.29, 0.717) is 5.92 Å². The molecule has 0 unspecified atom stereocenters. The normalized spacial score (nSPS) is 14.9. The molecule has 0 aliphatic rings. The van der Waals surface area contributed by atoms with Crippen LogP contribution in [0.4, 0.5) is 0 Å². The molecular weight excluding hydrogens is 174 g/mol. The van der Waals surface area contributed by atoms with Crippen LogP contribution in [0.15, 0.2) is 16.6 Å². The van der Waals surface area contributed by atoms with Crippen molar-refractivity contribution in [2.24, 2.45) is 0 Å². The molecule has 0 aromatic carbocycles. The molecule has 0 aliphatic carbocycles. The highest BCUT2D eigenvalue weighted by Crippen LogP contribution is 2.06. The van der Waals surface area contributed by atoms with Gasteiger partial charge in [0.1, 0.15) is 5.35 Å². The number of allylic oxidation sites excluding steroid dienone is 2. The third-order valence-electron chi connectivity index (χ3n) is 1.90. The first kappa shape index (κ1) is 10.8. The van der Waals surface area contributed by atoms with Crippen molar-refractivity contribution in [1.29, 1.82) is 0 Å². The molecule has 0 bridgehead atoms. The molecule has 14 heavy (non-hydrogen) atoms. The zero-order chi connectivity index (χ0) is 10.6. The second kappa shape index (κ2) is 4.80. The van der Waals surface area contributed by atoms with E-state index in [0.717, 1.165) is 16.7 Å². The van der Waals surface area contributed by atoms with Crippen LogP contribution in [-0.4, -0.2) is 4.98 Å². The second-order valence-corrected chi connectivity index (χ2v) is 3.44. The van der Waals surface area contributed by atoms with Gasteiger partial charge in [0.15, 0.2) is 11.3 Å². The van der Waals surface area contributed by atoms with Crippen LogP contribution >= 0.6 is 0 Å². The Bertz CT molecular complexity index is 424. The molecule has 0 atom stereocenters. The predicted molar refractivity (Wildman–Crippen MR) is 59.3 cm³/mol. The number of hydrogen-bond acceptors (Lipinski definition) is 2. The highest BCUT2D eigenvalue weighted by molar-refractivity contribution is 5.34. The Labute approximate surface area is 84.7 Å². The summed E-state index contributed by atoms with van der Waals surface area (Å²) in [5.74, 6) is 1.13. The molecule has 1 heterocycles. The largest absolute Gasteiger partial charge is 0.441 e. The fraction of sp³-hybridized carbons (Fsp3) is 0.417. The Hall–Kier alpha value is -1.31. The molecule has 0 radical (unpaired) electrons. The maximum absolute atomic E-state index is 5.59. The van der Waals surface area contributed by atoms with E-state index in [9.17, 15) is 0 Å². The van der Waals surface area contributed by atoms with Crippen LogP contribution in [0.1, 0.15) is 39.5 Å². The lowest BCUT2D eigenvalue weighted by molar-refractivity contribution is 0.448. The van der Waals surface area contributed by atoms with Gasteiger partial charge in [0.05, 0.1) is 0 Å². The Morgan fingerprint density at radius 3 is 2.50 bits per heavy atom. The van der Waals surface area contributed by atoms with Crippen molar-refractivity contribution in [3.8, 4) is 0 Å². The zero-order valence-corrected chi connectivity index (χ0v) is 9.24. The number of hydrogen-bond donors (Lipinski definition) is 0. The van der Waals surface area contributed by atoms with E-state index in [1.54, 1.807) is 0 Å². The summed E-state index contributed by atoms with van der Waals surface area (Å²) < 4.78 is 5.59. The van der Waals surface area contributed by atoms with Crippen molar-refractivity contribution in [2.75, 3.05) is 0 Å².